The second kappa shape index (κ2) is 5.08. The van der Waals surface area contributed by atoms with Crippen LogP contribution in [0.25, 0.3) is 0 Å². The molecule has 0 aliphatic carbocycles. The van der Waals surface area contributed by atoms with E-state index < -0.39 is 0 Å². The first-order valence-electron chi connectivity index (χ1n) is 2.66. The number of nitrogens with one attached hydrogen (secondary N) is 1. The summed E-state index contributed by atoms with van der Waals surface area (Å²) >= 11 is 0. The van der Waals surface area contributed by atoms with Crippen LogP contribution in [0.1, 0.15) is 0 Å². The summed E-state index contributed by atoms with van der Waals surface area (Å²) in [6.07, 6.45) is 3.13. The van der Waals surface area contributed by atoms with Crippen LogP contribution in [0.5, 0.6) is 0 Å². The maximum absolute atomic E-state index is 3.67. The molecule has 0 aromatic carbocycles. The summed E-state index contributed by atoms with van der Waals surface area (Å²) in [5.74, 6) is 0. The number of hydrogen-bond donors (Lipinski definition) is 1. The molecule has 0 aliphatic heterocycles. The first-order chi connectivity index (χ1) is 4.27. The Morgan fingerprint density at radius 2 is 2.00 bits per heavy atom. The summed E-state index contributed by atoms with van der Waals surface area (Å²) in [5.41, 5.74) is 0. The van der Waals surface area contributed by atoms with E-state index in [2.05, 4.69) is 15.5 Å². The summed E-state index contributed by atoms with van der Waals surface area (Å²) in [5, 5.41) is 10.0. The van der Waals surface area contributed by atoms with E-state index >= 15 is 0 Å². The molecule has 0 saturated carbocycles. The molecular formula is C5H12N4. The van der Waals surface area contributed by atoms with Gasteiger partial charge >= 0.3 is 0 Å². The quantitative estimate of drug-likeness (QED) is 0.323. The lowest BCUT2D eigenvalue weighted by Gasteiger charge is -1.98. The molecule has 0 amide bonds. The number of hydrogen-bond acceptors (Lipinski definition) is 2. The highest BCUT2D eigenvalue weighted by Crippen LogP contribution is 1.67. The zero-order valence-corrected chi connectivity index (χ0v) is 6.00. The van der Waals surface area contributed by atoms with Crippen molar-refractivity contribution in [3.05, 3.63) is 0 Å². The van der Waals surface area contributed by atoms with Gasteiger partial charge < -0.3 is 10.2 Å². The van der Waals surface area contributed by atoms with Crippen LogP contribution in [0.15, 0.2) is 10.2 Å². The zero-order chi connectivity index (χ0) is 7.11. The molecule has 0 bridgehead atoms. The zero-order valence-electron chi connectivity index (χ0n) is 6.00. The van der Waals surface area contributed by atoms with E-state index in [0.717, 1.165) is 0 Å². The minimum absolute atomic E-state index is 1.51. The maximum atomic E-state index is 3.67. The van der Waals surface area contributed by atoms with Crippen LogP contribution in [0, 0.1) is 0 Å². The highest BCUT2D eigenvalue weighted by atomic mass is 15.3. The van der Waals surface area contributed by atoms with Crippen molar-refractivity contribution in [2.75, 3.05) is 21.1 Å². The summed E-state index contributed by atoms with van der Waals surface area (Å²) in [6, 6.07) is 0. The SMILES string of the molecule is CN/C=N/N=C/N(C)C. The Morgan fingerprint density at radius 3 is 2.44 bits per heavy atom. The average Bonchev–Trinajstić information content (AvgIpc) is 1.80. The normalized spacial score (nSPS) is 11.0. The predicted octanol–water partition coefficient (Wildman–Crippen LogP) is -0.261. The highest BCUT2D eigenvalue weighted by molar-refractivity contribution is 5.57. The number of rotatable bonds is 3. The fourth-order valence-electron chi connectivity index (χ4n) is 0.224. The molecule has 0 rings (SSSR count). The number of nitrogens with zero attached hydrogens (tertiary/aromatic N) is 3. The van der Waals surface area contributed by atoms with Crippen molar-refractivity contribution < 1.29 is 0 Å². The highest BCUT2D eigenvalue weighted by Gasteiger charge is 1.71. The lowest BCUT2D eigenvalue weighted by molar-refractivity contribution is 0.640. The molecule has 0 aromatic heterocycles. The van der Waals surface area contributed by atoms with E-state index in [4.69, 9.17) is 0 Å². The Kier molecular flexibility index (Phi) is 4.49. The fraction of sp³-hybridized carbons (Fsp3) is 0.600. The van der Waals surface area contributed by atoms with Crippen LogP contribution in [-0.4, -0.2) is 38.7 Å². The van der Waals surface area contributed by atoms with Crippen molar-refractivity contribution in [3.63, 3.8) is 0 Å². The van der Waals surface area contributed by atoms with Crippen LogP contribution in [0.2, 0.25) is 0 Å². The first-order valence-corrected chi connectivity index (χ1v) is 2.66. The van der Waals surface area contributed by atoms with Crippen LogP contribution >= 0.6 is 0 Å². The average molecular weight is 128 g/mol. The summed E-state index contributed by atoms with van der Waals surface area (Å²) in [4.78, 5) is 1.81. The molecule has 0 atom stereocenters. The molecule has 52 valence electrons. The van der Waals surface area contributed by atoms with E-state index in [1.54, 1.807) is 13.4 Å². The van der Waals surface area contributed by atoms with E-state index in [9.17, 15) is 0 Å². The van der Waals surface area contributed by atoms with Crippen molar-refractivity contribution in [2.45, 2.75) is 0 Å². The van der Waals surface area contributed by atoms with Crippen LogP contribution in [0.3, 0.4) is 0 Å². The molecule has 9 heavy (non-hydrogen) atoms. The van der Waals surface area contributed by atoms with E-state index in [1.165, 1.54) is 6.34 Å². The van der Waals surface area contributed by atoms with Crippen molar-refractivity contribution in [3.8, 4) is 0 Å². The van der Waals surface area contributed by atoms with Crippen LogP contribution in [-0.2, 0) is 0 Å². The molecule has 4 nitrogen and oxygen atoms in total. The predicted molar refractivity (Wildman–Crippen MR) is 39.7 cm³/mol. The fourth-order valence-corrected chi connectivity index (χ4v) is 0.224. The monoisotopic (exact) mass is 128 g/mol. The third-order valence-corrected chi connectivity index (χ3v) is 0.536. The van der Waals surface area contributed by atoms with E-state index in [0.29, 0.717) is 0 Å². The van der Waals surface area contributed by atoms with E-state index in [1.807, 2.05) is 19.0 Å². The van der Waals surface area contributed by atoms with Gasteiger partial charge in [-0.15, -0.1) is 10.2 Å². The lowest BCUT2D eigenvalue weighted by atomic mass is 11.0. The van der Waals surface area contributed by atoms with Crippen molar-refractivity contribution in [2.24, 2.45) is 10.2 Å². The van der Waals surface area contributed by atoms with Gasteiger partial charge in [0.25, 0.3) is 0 Å². The Hall–Kier alpha value is -1.06. The Labute approximate surface area is 55.3 Å². The molecule has 0 aromatic rings. The topological polar surface area (TPSA) is 40.0 Å². The molecule has 0 radical (unpaired) electrons. The molecular weight excluding hydrogens is 116 g/mol. The van der Waals surface area contributed by atoms with Gasteiger partial charge in [0.1, 0.15) is 12.7 Å². The van der Waals surface area contributed by atoms with E-state index in [-0.39, 0.29) is 0 Å². The standard InChI is InChI=1S/C5H12N4/c1-6-4-7-8-5-9(2)3/h4-5H,1-3H3,(H,6,7)/b8-5+. The van der Waals surface area contributed by atoms with Gasteiger partial charge in [-0.1, -0.05) is 0 Å². The van der Waals surface area contributed by atoms with Crippen molar-refractivity contribution in [1.29, 1.82) is 0 Å². The third kappa shape index (κ3) is 6.94. The summed E-state index contributed by atoms with van der Waals surface area (Å²) in [7, 11) is 5.55. The lowest BCUT2D eigenvalue weighted by Crippen LogP contribution is -2.07. The van der Waals surface area contributed by atoms with Crippen molar-refractivity contribution in [1.82, 2.24) is 10.2 Å². The summed E-state index contributed by atoms with van der Waals surface area (Å²) in [6.45, 7) is 0. The largest absolute Gasteiger partial charge is 0.378 e. The molecule has 0 spiro atoms. The Morgan fingerprint density at radius 1 is 1.33 bits per heavy atom. The van der Waals surface area contributed by atoms with Gasteiger partial charge in [0, 0.05) is 21.1 Å². The van der Waals surface area contributed by atoms with Gasteiger partial charge in [0.15, 0.2) is 0 Å². The minimum atomic E-state index is 1.51. The minimum Gasteiger partial charge on any atom is -0.378 e. The van der Waals surface area contributed by atoms with Gasteiger partial charge in [-0.25, -0.2) is 0 Å². The molecule has 0 heterocycles. The summed E-state index contributed by atoms with van der Waals surface area (Å²) < 4.78 is 0. The maximum Gasteiger partial charge on any atom is 0.113 e. The Bertz CT molecular complexity index is 106. The Balaban J connectivity index is 3.35. The van der Waals surface area contributed by atoms with Gasteiger partial charge in [-0.3, -0.25) is 0 Å². The third-order valence-electron chi connectivity index (χ3n) is 0.536. The molecule has 0 unspecified atom stereocenters. The molecule has 4 heteroatoms. The second-order valence-electron chi connectivity index (χ2n) is 1.73. The molecule has 1 N–H and O–H groups in total. The van der Waals surface area contributed by atoms with Gasteiger partial charge in [-0.2, -0.15) is 0 Å². The van der Waals surface area contributed by atoms with Gasteiger partial charge in [0.2, 0.25) is 0 Å². The smallest absolute Gasteiger partial charge is 0.113 e. The van der Waals surface area contributed by atoms with Crippen molar-refractivity contribution >= 4 is 12.7 Å². The van der Waals surface area contributed by atoms with Crippen LogP contribution < -0.4 is 5.32 Å². The first kappa shape index (κ1) is 7.94. The second-order valence-corrected chi connectivity index (χ2v) is 1.73. The molecule has 0 fully saturated rings. The molecule has 0 saturated heterocycles. The molecule has 0 aliphatic rings. The van der Waals surface area contributed by atoms with Crippen LogP contribution in [0.4, 0.5) is 0 Å². The van der Waals surface area contributed by atoms with Gasteiger partial charge in [-0.05, 0) is 0 Å². The van der Waals surface area contributed by atoms with Gasteiger partial charge in [0.05, 0.1) is 0 Å².